The van der Waals surface area contributed by atoms with Gasteiger partial charge in [0.2, 0.25) is 10.0 Å². The first-order chi connectivity index (χ1) is 10.6. The predicted molar refractivity (Wildman–Crippen MR) is 89.9 cm³/mol. The fourth-order valence-electron chi connectivity index (χ4n) is 2.45. The molecule has 23 heavy (non-hydrogen) atoms. The van der Waals surface area contributed by atoms with E-state index in [-0.39, 0.29) is 16.9 Å². The number of hydrogen-bond acceptors (Lipinski definition) is 4. The minimum atomic E-state index is -3.51. The minimum Gasteiger partial charge on any atom is -0.350 e. The van der Waals surface area contributed by atoms with Crippen molar-refractivity contribution < 1.29 is 17.9 Å². The van der Waals surface area contributed by atoms with Gasteiger partial charge in [-0.15, -0.1) is 0 Å². The zero-order valence-corrected chi connectivity index (χ0v) is 15.2. The lowest BCUT2D eigenvalue weighted by molar-refractivity contribution is -0.257. The van der Waals surface area contributed by atoms with Gasteiger partial charge in [0, 0.05) is 13.0 Å². The second-order valence-corrected chi connectivity index (χ2v) is 8.87. The lowest BCUT2D eigenvalue weighted by Crippen LogP contribution is -2.40. The third kappa shape index (κ3) is 5.01. The van der Waals surface area contributed by atoms with E-state index < -0.39 is 15.8 Å². The van der Waals surface area contributed by atoms with Crippen molar-refractivity contribution in [3.8, 4) is 0 Å². The highest BCUT2D eigenvalue weighted by molar-refractivity contribution is 7.89. The van der Waals surface area contributed by atoms with Gasteiger partial charge in [-0.05, 0) is 36.5 Å². The van der Waals surface area contributed by atoms with Crippen LogP contribution in [0.4, 0.5) is 0 Å². The van der Waals surface area contributed by atoms with E-state index in [1.165, 1.54) is 0 Å². The number of rotatable bonds is 5. The SMILES string of the molecule is CC1(CCNS(=O)(=O)c2ccc(C(C)(C)C)cc2)OCCCO1. The number of nitrogens with one attached hydrogen (secondary N) is 1. The molecule has 1 aromatic rings. The third-order valence-electron chi connectivity index (χ3n) is 4.01. The van der Waals surface area contributed by atoms with Crippen LogP contribution in [0.3, 0.4) is 0 Å². The largest absolute Gasteiger partial charge is 0.350 e. The zero-order chi connectivity index (χ0) is 17.1. The Balaban J connectivity index is 1.96. The summed E-state index contributed by atoms with van der Waals surface area (Å²) in [5.74, 6) is -0.698. The molecule has 1 aliphatic heterocycles. The summed E-state index contributed by atoms with van der Waals surface area (Å²) >= 11 is 0. The number of sulfonamides is 1. The number of hydrogen-bond donors (Lipinski definition) is 1. The Morgan fingerprint density at radius 2 is 1.70 bits per heavy atom. The molecule has 0 radical (unpaired) electrons. The van der Waals surface area contributed by atoms with E-state index in [0.29, 0.717) is 19.6 Å². The Morgan fingerprint density at radius 3 is 2.22 bits per heavy atom. The fraction of sp³-hybridized carbons (Fsp3) is 0.647. The molecule has 1 heterocycles. The maximum absolute atomic E-state index is 12.3. The summed E-state index contributed by atoms with van der Waals surface area (Å²) < 4.78 is 38.5. The molecule has 0 unspecified atom stereocenters. The molecule has 6 heteroatoms. The Kier molecular flexibility index (Phi) is 5.51. The van der Waals surface area contributed by atoms with E-state index in [1.54, 1.807) is 12.1 Å². The first-order valence-corrected chi connectivity index (χ1v) is 9.49. The first-order valence-electron chi connectivity index (χ1n) is 8.01. The van der Waals surface area contributed by atoms with Crippen LogP contribution in [0.25, 0.3) is 0 Å². The van der Waals surface area contributed by atoms with Gasteiger partial charge in [-0.3, -0.25) is 0 Å². The van der Waals surface area contributed by atoms with Crippen LogP contribution in [0.5, 0.6) is 0 Å². The molecule has 1 N–H and O–H groups in total. The summed E-state index contributed by atoms with van der Waals surface area (Å²) in [6.45, 7) is 9.71. The highest BCUT2D eigenvalue weighted by Crippen LogP contribution is 2.24. The van der Waals surface area contributed by atoms with Gasteiger partial charge in [0.1, 0.15) is 0 Å². The maximum atomic E-state index is 12.3. The van der Waals surface area contributed by atoms with Crippen molar-refractivity contribution in [1.29, 1.82) is 0 Å². The average molecular weight is 341 g/mol. The second kappa shape index (κ2) is 6.89. The lowest BCUT2D eigenvalue weighted by atomic mass is 9.87. The molecule has 5 nitrogen and oxygen atoms in total. The van der Waals surface area contributed by atoms with E-state index in [9.17, 15) is 8.42 Å². The van der Waals surface area contributed by atoms with Crippen LogP contribution in [-0.2, 0) is 24.9 Å². The van der Waals surface area contributed by atoms with Crippen molar-refractivity contribution in [2.75, 3.05) is 19.8 Å². The van der Waals surface area contributed by atoms with Crippen LogP contribution in [0.15, 0.2) is 29.2 Å². The molecular formula is C17H27NO4S. The smallest absolute Gasteiger partial charge is 0.240 e. The topological polar surface area (TPSA) is 64.6 Å². The first kappa shape index (κ1) is 18.4. The van der Waals surface area contributed by atoms with E-state index in [2.05, 4.69) is 25.5 Å². The molecule has 0 bridgehead atoms. The molecule has 0 amide bonds. The summed E-state index contributed by atoms with van der Waals surface area (Å²) in [4.78, 5) is 0.279. The molecule has 1 aliphatic rings. The molecule has 1 aromatic carbocycles. The van der Waals surface area contributed by atoms with E-state index in [0.717, 1.165) is 12.0 Å². The highest BCUT2D eigenvalue weighted by atomic mass is 32.2. The van der Waals surface area contributed by atoms with Gasteiger partial charge in [0.15, 0.2) is 5.79 Å². The number of ether oxygens (including phenoxy) is 2. The van der Waals surface area contributed by atoms with Gasteiger partial charge >= 0.3 is 0 Å². The Labute approximate surface area is 139 Å². The van der Waals surface area contributed by atoms with Gasteiger partial charge in [0.25, 0.3) is 0 Å². The average Bonchev–Trinajstić information content (AvgIpc) is 2.47. The van der Waals surface area contributed by atoms with Crippen molar-refractivity contribution in [1.82, 2.24) is 4.72 Å². The van der Waals surface area contributed by atoms with E-state index >= 15 is 0 Å². The Hall–Kier alpha value is -0.950. The number of benzene rings is 1. The van der Waals surface area contributed by atoms with Gasteiger partial charge in [-0.1, -0.05) is 32.9 Å². The Bertz CT molecular complexity index is 611. The normalized spacial score (nSPS) is 18.8. The molecule has 0 aliphatic carbocycles. The summed E-state index contributed by atoms with van der Waals surface area (Å²) in [7, 11) is -3.51. The fourth-order valence-corrected chi connectivity index (χ4v) is 3.48. The molecule has 0 aromatic heterocycles. The van der Waals surface area contributed by atoms with Crippen LogP contribution >= 0.6 is 0 Å². The standard InChI is InChI=1S/C17H27NO4S/c1-16(2,3)14-6-8-15(9-7-14)23(19,20)18-11-10-17(4)21-12-5-13-22-17/h6-9,18H,5,10-13H2,1-4H3. The molecule has 0 spiro atoms. The van der Waals surface area contributed by atoms with Crippen LogP contribution in [0.1, 0.15) is 46.1 Å². The van der Waals surface area contributed by atoms with Gasteiger partial charge in [-0.2, -0.15) is 0 Å². The van der Waals surface area contributed by atoms with Crippen LogP contribution in [-0.4, -0.2) is 34.0 Å². The van der Waals surface area contributed by atoms with Crippen molar-refractivity contribution in [2.24, 2.45) is 0 Å². The molecular weight excluding hydrogens is 314 g/mol. The maximum Gasteiger partial charge on any atom is 0.240 e. The second-order valence-electron chi connectivity index (χ2n) is 7.11. The van der Waals surface area contributed by atoms with Crippen molar-refractivity contribution in [2.45, 2.75) is 56.6 Å². The van der Waals surface area contributed by atoms with E-state index in [4.69, 9.17) is 9.47 Å². The molecule has 130 valence electrons. The van der Waals surface area contributed by atoms with Gasteiger partial charge in [0.05, 0.1) is 18.1 Å². The predicted octanol–water partition coefficient (Wildman–Crippen LogP) is 2.81. The van der Waals surface area contributed by atoms with Crippen molar-refractivity contribution in [3.63, 3.8) is 0 Å². The molecule has 1 fully saturated rings. The zero-order valence-electron chi connectivity index (χ0n) is 14.4. The van der Waals surface area contributed by atoms with Crippen molar-refractivity contribution >= 4 is 10.0 Å². The lowest BCUT2D eigenvalue weighted by Gasteiger charge is -2.33. The summed E-state index contributed by atoms with van der Waals surface area (Å²) in [5, 5.41) is 0. The summed E-state index contributed by atoms with van der Waals surface area (Å²) in [6.07, 6.45) is 1.35. The van der Waals surface area contributed by atoms with Crippen LogP contribution < -0.4 is 4.72 Å². The van der Waals surface area contributed by atoms with Crippen LogP contribution in [0, 0.1) is 0 Å². The monoisotopic (exact) mass is 341 g/mol. The van der Waals surface area contributed by atoms with Gasteiger partial charge < -0.3 is 9.47 Å². The quantitative estimate of drug-likeness (QED) is 0.894. The molecule has 2 rings (SSSR count). The molecule has 1 saturated heterocycles. The third-order valence-corrected chi connectivity index (χ3v) is 5.48. The van der Waals surface area contributed by atoms with E-state index in [1.807, 2.05) is 19.1 Å². The van der Waals surface area contributed by atoms with Crippen molar-refractivity contribution in [3.05, 3.63) is 29.8 Å². The molecule has 0 saturated carbocycles. The summed E-state index contributed by atoms with van der Waals surface area (Å²) in [6, 6.07) is 7.03. The Morgan fingerprint density at radius 1 is 1.13 bits per heavy atom. The highest BCUT2D eigenvalue weighted by Gasteiger charge is 2.29. The summed E-state index contributed by atoms with van der Waals surface area (Å²) in [5.41, 5.74) is 1.10. The molecule has 0 atom stereocenters. The van der Waals surface area contributed by atoms with Crippen LogP contribution in [0.2, 0.25) is 0 Å². The van der Waals surface area contributed by atoms with Gasteiger partial charge in [-0.25, -0.2) is 13.1 Å². The minimum absolute atomic E-state index is 0.0000274.